The van der Waals surface area contributed by atoms with Gasteiger partial charge in [-0.3, -0.25) is 14.7 Å². The minimum absolute atomic E-state index is 0.164. The summed E-state index contributed by atoms with van der Waals surface area (Å²) in [5, 5.41) is 4.43. The molecule has 32 heavy (non-hydrogen) atoms. The Hall–Kier alpha value is -2.96. The fourth-order valence-corrected chi connectivity index (χ4v) is 4.71. The lowest BCUT2D eigenvalue weighted by atomic mass is 10.2. The Morgan fingerprint density at radius 2 is 1.97 bits per heavy atom. The van der Waals surface area contributed by atoms with Gasteiger partial charge in [0.15, 0.2) is 11.6 Å². The molecule has 2 aliphatic rings. The predicted molar refractivity (Wildman–Crippen MR) is 120 cm³/mol. The maximum atomic E-state index is 15.1. The maximum absolute atomic E-state index is 15.1. The van der Waals surface area contributed by atoms with E-state index in [-0.39, 0.29) is 11.4 Å². The van der Waals surface area contributed by atoms with Crippen LogP contribution in [0.2, 0.25) is 0 Å². The van der Waals surface area contributed by atoms with Gasteiger partial charge in [-0.1, -0.05) is 6.92 Å². The fourth-order valence-electron chi connectivity index (χ4n) is 3.58. The molecule has 4 rings (SSSR count). The summed E-state index contributed by atoms with van der Waals surface area (Å²) in [5.41, 5.74) is 7.08. The molecule has 0 saturated carbocycles. The largest absolute Gasteiger partial charge is 0.368 e. The Labute approximate surface area is 185 Å². The standard InChI is InChI=1S/C20H25F2N7O2S/c1-2-9-32(30,31)26-17-4-3-16(21)20(19(17)22)29-13-18(25-27-29)14-10-15(12-24-11-14)28-7-5-23-6-8-28/h3-4,10-13,23,25-27H,2,5-9H2,1H3. The minimum Gasteiger partial charge on any atom is -0.368 e. The van der Waals surface area contributed by atoms with Crippen LogP contribution in [-0.2, 0) is 10.0 Å². The van der Waals surface area contributed by atoms with Crippen LogP contribution in [0.3, 0.4) is 0 Å². The number of rotatable bonds is 7. The maximum Gasteiger partial charge on any atom is 0.232 e. The van der Waals surface area contributed by atoms with Crippen molar-refractivity contribution in [1.82, 2.24) is 21.3 Å². The van der Waals surface area contributed by atoms with E-state index < -0.39 is 27.3 Å². The first kappa shape index (κ1) is 22.2. The van der Waals surface area contributed by atoms with Crippen LogP contribution in [0.1, 0.15) is 18.9 Å². The summed E-state index contributed by atoms with van der Waals surface area (Å²) in [6, 6.07) is 4.03. The van der Waals surface area contributed by atoms with Crippen molar-refractivity contribution < 1.29 is 17.2 Å². The van der Waals surface area contributed by atoms with Gasteiger partial charge >= 0.3 is 0 Å². The molecule has 0 radical (unpaired) electrons. The molecule has 0 spiro atoms. The molecule has 0 amide bonds. The topological polar surface area (TPSA) is 102 Å². The van der Waals surface area contributed by atoms with Crippen LogP contribution in [0.25, 0.3) is 5.70 Å². The van der Waals surface area contributed by atoms with E-state index in [9.17, 15) is 12.8 Å². The number of piperazine rings is 1. The number of halogens is 2. The number of anilines is 3. The molecule has 2 aromatic rings. The monoisotopic (exact) mass is 465 g/mol. The second kappa shape index (κ2) is 9.27. The first-order chi connectivity index (χ1) is 15.4. The van der Waals surface area contributed by atoms with Crippen molar-refractivity contribution >= 4 is 32.8 Å². The molecule has 0 bridgehead atoms. The van der Waals surface area contributed by atoms with E-state index >= 15 is 4.39 Å². The molecule has 1 saturated heterocycles. The van der Waals surface area contributed by atoms with Crippen molar-refractivity contribution in [1.29, 1.82) is 0 Å². The lowest BCUT2D eigenvalue weighted by Gasteiger charge is -2.29. The van der Waals surface area contributed by atoms with Crippen molar-refractivity contribution in [3.05, 3.63) is 54.0 Å². The van der Waals surface area contributed by atoms with Crippen molar-refractivity contribution in [2.24, 2.45) is 0 Å². The lowest BCUT2D eigenvalue weighted by molar-refractivity contribution is 0.564. The Bertz CT molecular complexity index is 1120. The van der Waals surface area contributed by atoms with Crippen LogP contribution < -0.4 is 30.9 Å². The van der Waals surface area contributed by atoms with Gasteiger partial charge in [0, 0.05) is 44.1 Å². The van der Waals surface area contributed by atoms with Gasteiger partial charge in [0.2, 0.25) is 10.0 Å². The minimum atomic E-state index is -3.73. The molecule has 3 heterocycles. The number of sulfonamides is 1. The Balaban J connectivity index is 1.60. The number of pyridine rings is 1. The zero-order valence-electron chi connectivity index (χ0n) is 17.5. The number of nitrogens with zero attached hydrogens (tertiary/aromatic N) is 3. The first-order valence-corrected chi connectivity index (χ1v) is 12.0. The van der Waals surface area contributed by atoms with E-state index in [2.05, 4.69) is 30.9 Å². The number of hydrazine groups is 2. The molecule has 12 heteroatoms. The summed E-state index contributed by atoms with van der Waals surface area (Å²) < 4.78 is 55.8. The number of benzene rings is 1. The van der Waals surface area contributed by atoms with Gasteiger partial charge < -0.3 is 15.6 Å². The molecule has 9 nitrogen and oxygen atoms in total. The van der Waals surface area contributed by atoms with E-state index in [1.54, 1.807) is 19.3 Å². The zero-order chi connectivity index (χ0) is 22.7. The van der Waals surface area contributed by atoms with Crippen LogP contribution in [0.4, 0.5) is 25.8 Å². The molecule has 4 N–H and O–H groups in total. The van der Waals surface area contributed by atoms with Gasteiger partial charge in [-0.15, -0.1) is 5.53 Å². The van der Waals surface area contributed by atoms with Crippen molar-refractivity contribution in [2.75, 3.05) is 46.6 Å². The van der Waals surface area contributed by atoms with Crippen molar-refractivity contribution in [3.63, 3.8) is 0 Å². The third-order valence-corrected chi connectivity index (χ3v) is 6.61. The summed E-state index contributed by atoms with van der Waals surface area (Å²) in [6.07, 6.45) is 5.29. The highest BCUT2D eigenvalue weighted by atomic mass is 32.2. The molecule has 1 aromatic heterocycles. The molecular weight excluding hydrogens is 440 g/mol. The van der Waals surface area contributed by atoms with Crippen molar-refractivity contribution in [3.8, 4) is 0 Å². The molecule has 2 aliphatic heterocycles. The summed E-state index contributed by atoms with van der Waals surface area (Å²) in [6.45, 7) is 5.19. The van der Waals surface area contributed by atoms with Crippen LogP contribution in [0, 0.1) is 11.6 Å². The number of nitrogens with one attached hydrogen (secondary N) is 4. The summed E-state index contributed by atoms with van der Waals surface area (Å²) in [4.78, 5) is 6.50. The average Bonchev–Trinajstić information content (AvgIpc) is 3.26. The SMILES string of the molecule is CCCS(=O)(=O)Nc1ccc(F)c(N2C=C(c3cncc(N4CCNCC4)c3)NN2)c1F. The quantitative estimate of drug-likeness (QED) is 0.491. The predicted octanol–water partition coefficient (Wildman–Crippen LogP) is 1.75. The van der Waals surface area contributed by atoms with Gasteiger partial charge in [0.1, 0.15) is 5.69 Å². The van der Waals surface area contributed by atoms with Crippen molar-refractivity contribution in [2.45, 2.75) is 13.3 Å². The zero-order valence-corrected chi connectivity index (χ0v) is 18.3. The van der Waals surface area contributed by atoms with Gasteiger partial charge in [-0.25, -0.2) is 17.2 Å². The fraction of sp³-hybridized carbons (Fsp3) is 0.350. The number of aromatic nitrogens is 1. The smallest absolute Gasteiger partial charge is 0.232 e. The van der Waals surface area contributed by atoms with Crippen LogP contribution in [0.15, 0.2) is 36.8 Å². The molecule has 1 fully saturated rings. The molecular formula is C20H25F2N7O2S. The number of hydrogen-bond donors (Lipinski definition) is 4. The third-order valence-electron chi connectivity index (χ3n) is 5.13. The normalized spacial score (nSPS) is 16.7. The van der Waals surface area contributed by atoms with Gasteiger partial charge in [0.25, 0.3) is 0 Å². The van der Waals surface area contributed by atoms with Gasteiger partial charge in [0.05, 0.1) is 29.0 Å². The molecule has 0 unspecified atom stereocenters. The molecule has 172 valence electrons. The molecule has 0 atom stereocenters. The van der Waals surface area contributed by atoms with Crippen LogP contribution in [0.5, 0.6) is 0 Å². The highest BCUT2D eigenvalue weighted by molar-refractivity contribution is 7.92. The summed E-state index contributed by atoms with van der Waals surface area (Å²) in [7, 11) is -3.73. The van der Waals surface area contributed by atoms with Crippen LogP contribution >= 0.6 is 0 Å². The third kappa shape index (κ3) is 4.76. The van der Waals surface area contributed by atoms with Gasteiger partial charge in [-0.2, -0.15) is 0 Å². The second-order valence-corrected chi connectivity index (χ2v) is 9.34. The molecule has 1 aromatic carbocycles. The van der Waals surface area contributed by atoms with Crippen LogP contribution in [-0.4, -0.2) is 45.3 Å². The second-order valence-electron chi connectivity index (χ2n) is 7.50. The Kier molecular flexibility index (Phi) is 6.44. The summed E-state index contributed by atoms with van der Waals surface area (Å²) >= 11 is 0. The Morgan fingerprint density at radius 3 is 2.72 bits per heavy atom. The lowest BCUT2D eigenvalue weighted by Crippen LogP contribution is -2.43. The number of hydrogen-bond acceptors (Lipinski definition) is 8. The molecule has 0 aliphatic carbocycles. The first-order valence-electron chi connectivity index (χ1n) is 10.3. The van der Waals surface area contributed by atoms with E-state index in [1.807, 2.05) is 6.07 Å². The van der Waals surface area contributed by atoms with E-state index in [0.29, 0.717) is 12.1 Å². The Morgan fingerprint density at radius 1 is 1.19 bits per heavy atom. The van der Waals surface area contributed by atoms with E-state index in [0.717, 1.165) is 54.6 Å². The highest BCUT2D eigenvalue weighted by Crippen LogP contribution is 2.31. The average molecular weight is 466 g/mol. The summed E-state index contributed by atoms with van der Waals surface area (Å²) in [5.74, 6) is -2.03. The highest BCUT2D eigenvalue weighted by Gasteiger charge is 2.25. The van der Waals surface area contributed by atoms with E-state index in [4.69, 9.17) is 0 Å². The van der Waals surface area contributed by atoms with E-state index in [1.165, 1.54) is 6.20 Å². The van der Waals surface area contributed by atoms with Gasteiger partial charge in [-0.05, 0) is 24.6 Å².